The highest BCUT2D eigenvalue weighted by Crippen LogP contribution is 2.17. The number of aryl methyl sites for hydroxylation is 2. The Bertz CT molecular complexity index is 643. The van der Waals surface area contributed by atoms with Crippen molar-refractivity contribution in [2.75, 3.05) is 0 Å². The van der Waals surface area contributed by atoms with Gasteiger partial charge in [0.25, 0.3) is 5.43 Å². The molecule has 0 fully saturated rings. The van der Waals surface area contributed by atoms with Crippen LogP contribution >= 0.6 is 0 Å². The molecule has 0 amide bonds. The summed E-state index contributed by atoms with van der Waals surface area (Å²) in [6.07, 6.45) is 1.15. The first kappa shape index (κ1) is 10.4. The fourth-order valence-electron chi connectivity index (χ4n) is 1.82. The largest absolute Gasteiger partial charge is 0.355 e. The van der Waals surface area contributed by atoms with Crippen LogP contribution in [0.5, 0.6) is 0 Å². The van der Waals surface area contributed by atoms with Crippen LogP contribution in [0.25, 0.3) is 10.9 Å². The number of nitrogens with zero attached hydrogens (tertiary/aromatic N) is 1. The summed E-state index contributed by atoms with van der Waals surface area (Å²) in [5, 5.41) is 11.0. The zero-order valence-corrected chi connectivity index (χ0v) is 8.90. The van der Waals surface area contributed by atoms with E-state index in [1.807, 2.05) is 19.9 Å². The van der Waals surface area contributed by atoms with E-state index in [0.29, 0.717) is 10.9 Å². The average Bonchev–Trinajstić information content (AvgIpc) is 2.19. The zero-order chi connectivity index (χ0) is 11.9. The molecule has 0 bridgehead atoms. The fraction of sp³-hybridized carbons (Fsp3) is 0.182. The third-order valence-corrected chi connectivity index (χ3v) is 2.51. The molecule has 0 radical (unpaired) electrons. The maximum atomic E-state index is 11.8. The van der Waals surface area contributed by atoms with Crippen LogP contribution in [0.3, 0.4) is 0 Å². The zero-order valence-electron chi connectivity index (χ0n) is 8.90. The molecule has 0 aliphatic heterocycles. The molecule has 1 N–H and O–H groups in total. The Balaban J connectivity index is 2.95. The lowest BCUT2D eigenvalue weighted by molar-refractivity contribution is -0.386. The summed E-state index contributed by atoms with van der Waals surface area (Å²) in [5.74, 6) is 0. The summed E-state index contributed by atoms with van der Waals surface area (Å²) in [5.41, 5.74) is 1.52. The maximum absolute atomic E-state index is 11.8. The van der Waals surface area contributed by atoms with Crippen molar-refractivity contribution in [3.8, 4) is 0 Å². The molecular formula is C11H10N2O3. The number of hydrogen-bond acceptors (Lipinski definition) is 3. The highest BCUT2D eigenvalue weighted by atomic mass is 16.6. The number of hydrogen-bond donors (Lipinski definition) is 1. The number of rotatable bonds is 1. The molecule has 0 unspecified atom stereocenters. The summed E-state index contributed by atoms with van der Waals surface area (Å²) in [7, 11) is 0. The molecule has 5 heteroatoms. The molecule has 0 saturated carbocycles. The molecular weight excluding hydrogens is 208 g/mol. The normalized spacial score (nSPS) is 10.6. The van der Waals surface area contributed by atoms with Gasteiger partial charge in [-0.2, -0.15) is 0 Å². The predicted molar refractivity (Wildman–Crippen MR) is 60.7 cm³/mol. The molecule has 2 rings (SSSR count). The van der Waals surface area contributed by atoms with E-state index in [1.54, 1.807) is 6.07 Å². The van der Waals surface area contributed by atoms with Gasteiger partial charge in [-0.15, -0.1) is 0 Å². The van der Waals surface area contributed by atoms with E-state index in [0.717, 1.165) is 17.3 Å². The van der Waals surface area contributed by atoms with Crippen LogP contribution in [0.4, 0.5) is 5.69 Å². The molecule has 2 aromatic rings. The lowest BCUT2D eigenvalue weighted by atomic mass is 10.1. The van der Waals surface area contributed by atoms with E-state index in [-0.39, 0.29) is 0 Å². The van der Waals surface area contributed by atoms with Crippen molar-refractivity contribution in [3.05, 3.63) is 49.8 Å². The second kappa shape index (κ2) is 3.44. The first-order chi connectivity index (χ1) is 7.50. The van der Waals surface area contributed by atoms with Gasteiger partial charge in [-0.3, -0.25) is 14.9 Å². The fourth-order valence-corrected chi connectivity index (χ4v) is 1.82. The number of aromatic nitrogens is 1. The number of nitro groups is 1. The van der Waals surface area contributed by atoms with Crippen molar-refractivity contribution in [3.63, 3.8) is 0 Å². The summed E-state index contributed by atoms with van der Waals surface area (Å²) < 4.78 is 0. The van der Waals surface area contributed by atoms with Crippen LogP contribution in [-0.4, -0.2) is 9.91 Å². The smallest absolute Gasteiger partial charge is 0.332 e. The van der Waals surface area contributed by atoms with Crippen molar-refractivity contribution in [1.82, 2.24) is 4.98 Å². The molecule has 1 aromatic carbocycles. The minimum absolute atomic E-state index is 0.367. The molecule has 0 saturated heterocycles. The summed E-state index contributed by atoms with van der Waals surface area (Å²) >= 11 is 0. The van der Waals surface area contributed by atoms with Gasteiger partial charge in [0.15, 0.2) is 0 Å². The van der Waals surface area contributed by atoms with Crippen LogP contribution in [-0.2, 0) is 0 Å². The topological polar surface area (TPSA) is 76.0 Å². The van der Waals surface area contributed by atoms with E-state index < -0.39 is 16.0 Å². The molecule has 0 spiro atoms. The summed E-state index contributed by atoms with van der Waals surface area (Å²) in [6.45, 7) is 3.71. The second-order valence-electron chi connectivity index (χ2n) is 3.76. The van der Waals surface area contributed by atoms with Crippen LogP contribution in [0.15, 0.2) is 23.1 Å². The lowest BCUT2D eigenvalue weighted by Gasteiger charge is -2.03. The Kier molecular flexibility index (Phi) is 2.23. The standard InChI is InChI=1S/C11H10N2O3/c1-6-3-7(2)10-8(4-6)11(14)9(5-12-10)13(15)16/h3-5H,1-2H3,(H,12,14). The van der Waals surface area contributed by atoms with Gasteiger partial charge < -0.3 is 4.98 Å². The third kappa shape index (κ3) is 1.46. The van der Waals surface area contributed by atoms with Crippen molar-refractivity contribution in [2.45, 2.75) is 13.8 Å². The van der Waals surface area contributed by atoms with Gasteiger partial charge in [0.05, 0.1) is 22.0 Å². The molecule has 5 nitrogen and oxygen atoms in total. The van der Waals surface area contributed by atoms with Gasteiger partial charge in [0.1, 0.15) is 0 Å². The Morgan fingerprint density at radius 3 is 2.62 bits per heavy atom. The Hall–Kier alpha value is -2.17. The number of pyridine rings is 1. The van der Waals surface area contributed by atoms with Crippen LogP contribution in [0.1, 0.15) is 11.1 Å². The van der Waals surface area contributed by atoms with Crippen molar-refractivity contribution in [1.29, 1.82) is 0 Å². The maximum Gasteiger partial charge on any atom is 0.332 e. The van der Waals surface area contributed by atoms with Crippen molar-refractivity contribution >= 4 is 16.6 Å². The Labute approximate surface area is 90.9 Å². The van der Waals surface area contributed by atoms with E-state index >= 15 is 0 Å². The number of aromatic amines is 1. The molecule has 1 aromatic heterocycles. The molecule has 0 aliphatic rings. The van der Waals surface area contributed by atoms with Crippen molar-refractivity contribution in [2.24, 2.45) is 0 Å². The highest BCUT2D eigenvalue weighted by Gasteiger charge is 2.15. The molecule has 0 atom stereocenters. The Morgan fingerprint density at radius 2 is 2.00 bits per heavy atom. The number of fused-ring (bicyclic) bond motifs is 1. The van der Waals surface area contributed by atoms with Gasteiger partial charge in [0.2, 0.25) is 0 Å². The lowest BCUT2D eigenvalue weighted by Crippen LogP contribution is -2.09. The van der Waals surface area contributed by atoms with Crippen LogP contribution < -0.4 is 5.43 Å². The molecule has 16 heavy (non-hydrogen) atoms. The van der Waals surface area contributed by atoms with Gasteiger partial charge >= 0.3 is 5.69 Å². The summed E-state index contributed by atoms with van der Waals surface area (Å²) in [4.78, 5) is 24.6. The SMILES string of the molecule is Cc1cc(C)c2[nH]cc([N+](=O)[O-])c(=O)c2c1. The van der Waals surface area contributed by atoms with E-state index in [4.69, 9.17) is 0 Å². The van der Waals surface area contributed by atoms with Crippen LogP contribution in [0, 0.1) is 24.0 Å². The average molecular weight is 218 g/mol. The molecule has 0 aliphatic carbocycles. The van der Waals surface area contributed by atoms with Crippen molar-refractivity contribution < 1.29 is 4.92 Å². The predicted octanol–water partition coefficient (Wildman–Crippen LogP) is 2.05. The molecule has 1 heterocycles. The van der Waals surface area contributed by atoms with E-state index in [9.17, 15) is 14.9 Å². The summed E-state index contributed by atoms with van der Waals surface area (Å²) in [6, 6.07) is 3.58. The highest BCUT2D eigenvalue weighted by molar-refractivity contribution is 5.83. The number of benzene rings is 1. The minimum atomic E-state index is -0.671. The first-order valence-electron chi connectivity index (χ1n) is 4.77. The van der Waals surface area contributed by atoms with Gasteiger partial charge in [0, 0.05) is 0 Å². The number of H-pyrrole nitrogens is 1. The monoisotopic (exact) mass is 218 g/mol. The minimum Gasteiger partial charge on any atom is -0.355 e. The Morgan fingerprint density at radius 1 is 1.31 bits per heavy atom. The van der Waals surface area contributed by atoms with Gasteiger partial charge in [-0.1, -0.05) is 6.07 Å². The van der Waals surface area contributed by atoms with E-state index in [2.05, 4.69) is 4.98 Å². The van der Waals surface area contributed by atoms with Gasteiger partial charge in [-0.25, -0.2) is 0 Å². The third-order valence-electron chi connectivity index (χ3n) is 2.51. The van der Waals surface area contributed by atoms with Gasteiger partial charge in [-0.05, 0) is 31.0 Å². The number of nitrogens with one attached hydrogen (secondary N) is 1. The molecule has 82 valence electrons. The van der Waals surface area contributed by atoms with E-state index in [1.165, 1.54) is 0 Å². The first-order valence-corrected chi connectivity index (χ1v) is 4.77. The quantitative estimate of drug-likeness (QED) is 0.587. The van der Waals surface area contributed by atoms with Crippen LogP contribution in [0.2, 0.25) is 0 Å². The second-order valence-corrected chi connectivity index (χ2v) is 3.76.